The number of nitrogens with one attached hydrogen (secondary N) is 1. The fourth-order valence-corrected chi connectivity index (χ4v) is 3.81. The molecule has 1 heterocycles. The minimum atomic E-state index is -0.0104. The lowest BCUT2D eigenvalue weighted by Crippen LogP contribution is -2.00. The van der Waals surface area contributed by atoms with Crippen LogP contribution in [0.5, 0.6) is 0 Å². The zero-order valence-electron chi connectivity index (χ0n) is 14.9. The largest absolute Gasteiger partial charge is 0.398 e. The first-order valence-corrected chi connectivity index (χ1v) is 9.36. The van der Waals surface area contributed by atoms with Crippen LogP contribution in [0, 0.1) is 6.92 Å². The Morgan fingerprint density at radius 2 is 1.92 bits per heavy atom. The van der Waals surface area contributed by atoms with Gasteiger partial charge in [-0.25, -0.2) is 0 Å². The second-order valence-corrected chi connectivity index (χ2v) is 7.21. The number of aromatic amines is 1. The summed E-state index contributed by atoms with van der Waals surface area (Å²) < 4.78 is 5.51. The predicted octanol–water partition coefficient (Wildman–Crippen LogP) is 5.57. The third kappa shape index (κ3) is 3.91. The molecule has 3 aromatic rings. The quantitative estimate of drug-likeness (QED) is 0.450. The van der Waals surface area contributed by atoms with Gasteiger partial charge in [0.1, 0.15) is 0 Å². The Morgan fingerprint density at radius 3 is 2.64 bits per heavy atom. The summed E-state index contributed by atoms with van der Waals surface area (Å²) in [6.45, 7) is 4.14. The highest BCUT2D eigenvalue weighted by atomic mass is 32.2. The maximum atomic E-state index is 6.30. The molecule has 3 nitrogen and oxygen atoms in total. The minimum absolute atomic E-state index is 0.0104. The smallest absolute Gasteiger partial charge is 0.0947 e. The number of aryl methyl sites for hydroxylation is 1. The molecule has 0 amide bonds. The number of aromatic nitrogens is 1. The van der Waals surface area contributed by atoms with E-state index in [0.29, 0.717) is 0 Å². The van der Waals surface area contributed by atoms with Gasteiger partial charge in [0.05, 0.1) is 11.8 Å². The average molecular weight is 353 g/mol. The first-order valence-electron chi connectivity index (χ1n) is 8.37. The molecule has 130 valence electrons. The van der Waals surface area contributed by atoms with Crippen molar-refractivity contribution in [3.8, 4) is 11.1 Å². The minimum Gasteiger partial charge on any atom is -0.398 e. The summed E-state index contributed by atoms with van der Waals surface area (Å²) in [4.78, 5) is 4.55. The van der Waals surface area contributed by atoms with Crippen LogP contribution < -0.4 is 5.73 Å². The summed E-state index contributed by atoms with van der Waals surface area (Å²) >= 11 is 1.82. The van der Waals surface area contributed by atoms with Crippen LogP contribution in [0.25, 0.3) is 11.1 Å². The van der Waals surface area contributed by atoms with E-state index in [1.165, 1.54) is 16.0 Å². The number of H-pyrrole nitrogens is 1. The summed E-state index contributed by atoms with van der Waals surface area (Å²) in [7, 11) is 1.72. The van der Waals surface area contributed by atoms with Gasteiger partial charge < -0.3 is 15.5 Å². The molecule has 0 saturated heterocycles. The van der Waals surface area contributed by atoms with E-state index in [4.69, 9.17) is 10.5 Å². The Hall–Kier alpha value is -2.17. The zero-order chi connectivity index (χ0) is 17.8. The Bertz CT molecular complexity index is 842. The Labute approximate surface area is 153 Å². The number of rotatable bonds is 6. The molecule has 1 atom stereocenters. The molecule has 0 radical (unpaired) electrons. The second-order valence-electron chi connectivity index (χ2n) is 6.16. The van der Waals surface area contributed by atoms with E-state index in [0.717, 1.165) is 28.3 Å². The highest BCUT2D eigenvalue weighted by molar-refractivity contribution is 7.98. The highest BCUT2D eigenvalue weighted by Crippen LogP contribution is 2.38. The first kappa shape index (κ1) is 17.6. The standard InChI is InChI=1S/C21H24N2OS/c1-14-12-23-21(15(2)24-3)20(14)18-11-17(9-10-19(18)22)25-13-16-7-5-4-6-8-16/h4-12,15,23H,13,22H2,1-3H3. The Balaban J connectivity index is 1.91. The molecular weight excluding hydrogens is 328 g/mol. The van der Waals surface area contributed by atoms with Gasteiger partial charge in [0.2, 0.25) is 0 Å². The number of nitrogen functional groups attached to an aromatic ring is 1. The highest BCUT2D eigenvalue weighted by Gasteiger charge is 2.18. The lowest BCUT2D eigenvalue weighted by Gasteiger charge is -2.15. The number of thioether (sulfide) groups is 1. The number of benzene rings is 2. The van der Waals surface area contributed by atoms with E-state index in [1.807, 2.05) is 37.0 Å². The van der Waals surface area contributed by atoms with Gasteiger partial charge in [-0.15, -0.1) is 11.8 Å². The number of hydrogen-bond acceptors (Lipinski definition) is 3. The number of anilines is 1. The SMILES string of the molecule is COC(C)c1[nH]cc(C)c1-c1cc(SCc2ccccc2)ccc1N. The summed E-state index contributed by atoms with van der Waals surface area (Å²) in [6.07, 6.45) is 2.01. The molecule has 3 N–H and O–H groups in total. The maximum Gasteiger partial charge on any atom is 0.0947 e. The van der Waals surface area contributed by atoms with Gasteiger partial charge in [0.15, 0.2) is 0 Å². The van der Waals surface area contributed by atoms with Gasteiger partial charge in [-0.3, -0.25) is 0 Å². The maximum absolute atomic E-state index is 6.30. The molecule has 0 aliphatic heterocycles. The molecule has 0 fully saturated rings. The van der Waals surface area contributed by atoms with Crippen molar-refractivity contribution in [3.63, 3.8) is 0 Å². The van der Waals surface area contributed by atoms with Crippen molar-refractivity contribution in [2.24, 2.45) is 0 Å². The predicted molar refractivity (Wildman–Crippen MR) is 107 cm³/mol. The van der Waals surface area contributed by atoms with E-state index >= 15 is 0 Å². The van der Waals surface area contributed by atoms with Crippen molar-refractivity contribution >= 4 is 17.4 Å². The van der Waals surface area contributed by atoms with Gasteiger partial charge in [0.25, 0.3) is 0 Å². The molecule has 0 aliphatic rings. The molecule has 3 rings (SSSR count). The molecule has 0 bridgehead atoms. The molecular formula is C21H24N2OS. The summed E-state index contributed by atoms with van der Waals surface area (Å²) in [5.41, 5.74) is 12.9. The van der Waals surface area contributed by atoms with Crippen molar-refractivity contribution in [1.82, 2.24) is 4.98 Å². The van der Waals surface area contributed by atoms with Gasteiger partial charge >= 0.3 is 0 Å². The third-order valence-corrected chi connectivity index (χ3v) is 5.48. The van der Waals surface area contributed by atoms with Gasteiger partial charge in [-0.05, 0) is 43.2 Å². The topological polar surface area (TPSA) is 51.0 Å². The fourth-order valence-electron chi connectivity index (χ4n) is 2.92. The number of nitrogens with two attached hydrogens (primary N) is 1. The molecule has 0 aliphatic carbocycles. The van der Waals surface area contributed by atoms with Crippen LogP contribution in [0.3, 0.4) is 0 Å². The number of hydrogen-bond donors (Lipinski definition) is 2. The van der Waals surface area contributed by atoms with E-state index < -0.39 is 0 Å². The van der Waals surface area contributed by atoms with Crippen LogP contribution in [0.4, 0.5) is 5.69 Å². The molecule has 0 spiro atoms. The number of ether oxygens (including phenoxy) is 1. The van der Waals surface area contributed by atoms with Crippen LogP contribution in [-0.2, 0) is 10.5 Å². The molecule has 1 unspecified atom stereocenters. The number of methoxy groups -OCH3 is 1. The lowest BCUT2D eigenvalue weighted by molar-refractivity contribution is 0.117. The van der Waals surface area contributed by atoms with E-state index in [2.05, 4.69) is 48.3 Å². The van der Waals surface area contributed by atoms with Crippen LogP contribution in [0.1, 0.15) is 29.8 Å². The Kier molecular flexibility index (Phi) is 5.51. The normalized spacial score (nSPS) is 12.3. The summed E-state index contributed by atoms with van der Waals surface area (Å²) in [5.74, 6) is 0.942. The van der Waals surface area contributed by atoms with E-state index in [1.54, 1.807) is 7.11 Å². The average Bonchev–Trinajstić information content (AvgIpc) is 3.02. The van der Waals surface area contributed by atoms with Crippen molar-refractivity contribution in [1.29, 1.82) is 0 Å². The Morgan fingerprint density at radius 1 is 1.16 bits per heavy atom. The molecule has 0 saturated carbocycles. The van der Waals surface area contributed by atoms with Crippen molar-refractivity contribution in [3.05, 3.63) is 71.5 Å². The third-order valence-electron chi connectivity index (χ3n) is 4.41. The van der Waals surface area contributed by atoms with E-state index in [-0.39, 0.29) is 6.10 Å². The van der Waals surface area contributed by atoms with Gasteiger partial charge in [-0.2, -0.15) is 0 Å². The lowest BCUT2D eigenvalue weighted by atomic mass is 9.98. The van der Waals surface area contributed by atoms with Crippen LogP contribution >= 0.6 is 11.8 Å². The van der Waals surface area contributed by atoms with Crippen molar-refractivity contribution in [2.45, 2.75) is 30.6 Å². The second kappa shape index (κ2) is 7.81. The van der Waals surface area contributed by atoms with Crippen molar-refractivity contribution in [2.75, 3.05) is 12.8 Å². The molecule has 25 heavy (non-hydrogen) atoms. The monoisotopic (exact) mass is 352 g/mol. The van der Waals surface area contributed by atoms with Gasteiger partial charge in [-0.1, -0.05) is 30.3 Å². The summed E-state index contributed by atoms with van der Waals surface area (Å²) in [5, 5.41) is 0. The zero-order valence-corrected chi connectivity index (χ0v) is 15.7. The fraction of sp³-hybridized carbons (Fsp3) is 0.238. The van der Waals surface area contributed by atoms with Crippen LogP contribution in [0.2, 0.25) is 0 Å². The molecule has 4 heteroatoms. The molecule has 1 aromatic heterocycles. The van der Waals surface area contributed by atoms with E-state index in [9.17, 15) is 0 Å². The van der Waals surface area contributed by atoms with Gasteiger partial charge in [0, 0.05) is 40.8 Å². The first-order chi connectivity index (χ1) is 12.1. The van der Waals surface area contributed by atoms with Crippen LogP contribution in [0.15, 0.2) is 59.6 Å². The molecule has 2 aromatic carbocycles. The van der Waals surface area contributed by atoms with Crippen molar-refractivity contribution < 1.29 is 4.74 Å². The van der Waals surface area contributed by atoms with Crippen LogP contribution in [-0.4, -0.2) is 12.1 Å². The summed E-state index contributed by atoms with van der Waals surface area (Å²) in [6, 6.07) is 16.8.